The van der Waals surface area contributed by atoms with E-state index in [1.807, 2.05) is 19.1 Å². The van der Waals surface area contributed by atoms with Gasteiger partial charge in [-0.3, -0.25) is 4.79 Å². The van der Waals surface area contributed by atoms with Crippen LogP contribution in [0.5, 0.6) is 0 Å². The van der Waals surface area contributed by atoms with Crippen LogP contribution in [0.25, 0.3) is 0 Å². The molecule has 0 saturated carbocycles. The van der Waals surface area contributed by atoms with E-state index in [0.717, 1.165) is 5.69 Å². The fourth-order valence-corrected chi connectivity index (χ4v) is 1.04. The highest BCUT2D eigenvalue weighted by Gasteiger charge is 2.02. The molecule has 1 aromatic heterocycles. The minimum atomic E-state index is -0.221. The largest absolute Gasteiger partial charge is 0.370 e. The zero-order valence-electron chi connectivity index (χ0n) is 8.69. The molecule has 3 N–H and O–H groups in total. The topological polar surface area (TPSA) is 77.2 Å². The van der Waals surface area contributed by atoms with Gasteiger partial charge in [0.2, 0.25) is 0 Å². The number of nitrogens with two attached hydrogens (primary N) is 1. The molecule has 1 rings (SSSR count). The van der Waals surface area contributed by atoms with E-state index in [1.54, 1.807) is 6.07 Å². The van der Waals surface area contributed by atoms with Gasteiger partial charge in [-0.2, -0.15) is 0 Å². The molecule has 0 aromatic carbocycles. The van der Waals surface area contributed by atoms with Gasteiger partial charge in [-0.25, -0.2) is 4.98 Å². The molecule has 0 spiro atoms. The van der Waals surface area contributed by atoms with Crippen LogP contribution in [0.4, 0.5) is 5.82 Å². The number of hydrogen-bond donors (Lipinski definition) is 2. The van der Waals surface area contributed by atoms with E-state index in [0.29, 0.717) is 19.0 Å². The van der Waals surface area contributed by atoms with Gasteiger partial charge in [-0.15, -0.1) is 0 Å². The number of anilines is 1. The minimum Gasteiger partial charge on any atom is -0.370 e. The van der Waals surface area contributed by atoms with Crippen molar-refractivity contribution >= 4 is 11.7 Å². The standard InChI is InChI=1S/C10H15N3O2/c1-8-3-2-4-9(12-8)13-10(14)7-15-6-5-11/h2-4H,5-7,11H2,1H3,(H,12,13,14). The average molecular weight is 209 g/mol. The monoisotopic (exact) mass is 209 g/mol. The number of nitrogens with one attached hydrogen (secondary N) is 1. The Hall–Kier alpha value is -1.46. The molecular formula is C10H15N3O2. The van der Waals surface area contributed by atoms with Crippen LogP contribution in [-0.2, 0) is 9.53 Å². The first-order valence-corrected chi connectivity index (χ1v) is 4.73. The number of aromatic nitrogens is 1. The molecule has 0 saturated heterocycles. The minimum absolute atomic E-state index is 0.00677. The number of pyridine rings is 1. The van der Waals surface area contributed by atoms with Crippen LogP contribution >= 0.6 is 0 Å². The Morgan fingerprint density at radius 1 is 1.60 bits per heavy atom. The number of nitrogens with zero attached hydrogens (tertiary/aromatic N) is 1. The Labute approximate surface area is 88.6 Å². The smallest absolute Gasteiger partial charge is 0.251 e. The molecule has 0 bridgehead atoms. The van der Waals surface area contributed by atoms with E-state index in [1.165, 1.54) is 0 Å². The summed E-state index contributed by atoms with van der Waals surface area (Å²) in [6, 6.07) is 5.42. The fourth-order valence-electron chi connectivity index (χ4n) is 1.04. The van der Waals surface area contributed by atoms with Crippen LogP contribution in [0.2, 0.25) is 0 Å². The second kappa shape index (κ2) is 6.10. The second-order valence-corrected chi connectivity index (χ2v) is 3.05. The highest BCUT2D eigenvalue weighted by atomic mass is 16.5. The van der Waals surface area contributed by atoms with Crippen LogP contribution in [0, 0.1) is 6.92 Å². The summed E-state index contributed by atoms with van der Waals surface area (Å²) in [5.41, 5.74) is 6.08. The lowest BCUT2D eigenvalue weighted by Crippen LogP contribution is -2.21. The third-order valence-electron chi connectivity index (χ3n) is 1.65. The first-order chi connectivity index (χ1) is 7.22. The van der Waals surface area contributed by atoms with Gasteiger partial charge in [0, 0.05) is 12.2 Å². The average Bonchev–Trinajstić information content (AvgIpc) is 2.18. The summed E-state index contributed by atoms with van der Waals surface area (Å²) in [7, 11) is 0. The number of aryl methyl sites for hydroxylation is 1. The lowest BCUT2D eigenvalue weighted by Gasteiger charge is -2.05. The summed E-state index contributed by atoms with van der Waals surface area (Å²) >= 11 is 0. The summed E-state index contributed by atoms with van der Waals surface area (Å²) in [5.74, 6) is 0.317. The zero-order chi connectivity index (χ0) is 11.1. The molecular weight excluding hydrogens is 194 g/mol. The van der Waals surface area contributed by atoms with Crippen LogP contribution in [0.3, 0.4) is 0 Å². The van der Waals surface area contributed by atoms with Crippen molar-refractivity contribution in [2.24, 2.45) is 5.73 Å². The first kappa shape index (κ1) is 11.6. The third kappa shape index (κ3) is 4.53. The van der Waals surface area contributed by atoms with Gasteiger partial charge in [0.15, 0.2) is 0 Å². The molecule has 0 fully saturated rings. The Bertz CT molecular complexity index is 328. The maximum Gasteiger partial charge on any atom is 0.251 e. The van der Waals surface area contributed by atoms with E-state index >= 15 is 0 Å². The van der Waals surface area contributed by atoms with Crippen molar-refractivity contribution in [1.82, 2.24) is 4.98 Å². The van der Waals surface area contributed by atoms with Crippen molar-refractivity contribution in [2.75, 3.05) is 25.1 Å². The molecule has 0 aliphatic rings. The van der Waals surface area contributed by atoms with Gasteiger partial charge in [0.05, 0.1) is 6.61 Å². The number of amides is 1. The molecule has 5 nitrogen and oxygen atoms in total. The predicted octanol–water partition coefficient (Wildman–Crippen LogP) is 0.304. The van der Waals surface area contributed by atoms with Crippen LogP contribution in [0.15, 0.2) is 18.2 Å². The third-order valence-corrected chi connectivity index (χ3v) is 1.65. The maximum atomic E-state index is 11.3. The summed E-state index contributed by atoms with van der Waals surface area (Å²) < 4.78 is 4.98. The van der Waals surface area contributed by atoms with Crippen molar-refractivity contribution in [1.29, 1.82) is 0 Å². The molecule has 5 heteroatoms. The van der Waals surface area contributed by atoms with E-state index in [2.05, 4.69) is 10.3 Å². The van der Waals surface area contributed by atoms with Crippen molar-refractivity contribution < 1.29 is 9.53 Å². The first-order valence-electron chi connectivity index (χ1n) is 4.73. The van der Waals surface area contributed by atoms with E-state index in [9.17, 15) is 4.79 Å². The van der Waals surface area contributed by atoms with Gasteiger partial charge >= 0.3 is 0 Å². The van der Waals surface area contributed by atoms with Crippen LogP contribution in [-0.4, -0.2) is 30.6 Å². The summed E-state index contributed by atoms with van der Waals surface area (Å²) in [6.45, 7) is 2.66. The van der Waals surface area contributed by atoms with Crippen molar-refractivity contribution in [3.8, 4) is 0 Å². The summed E-state index contributed by atoms with van der Waals surface area (Å²) in [5, 5.41) is 2.63. The summed E-state index contributed by atoms with van der Waals surface area (Å²) in [4.78, 5) is 15.4. The van der Waals surface area contributed by atoms with E-state index in [-0.39, 0.29) is 12.5 Å². The van der Waals surface area contributed by atoms with E-state index < -0.39 is 0 Å². The van der Waals surface area contributed by atoms with Gasteiger partial charge in [-0.05, 0) is 19.1 Å². The Kier molecular flexibility index (Phi) is 4.73. The Morgan fingerprint density at radius 2 is 2.40 bits per heavy atom. The SMILES string of the molecule is Cc1cccc(NC(=O)COCCN)n1. The number of carbonyl (C=O) groups is 1. The van der Waals surface area contributed by atoms with Crippen molar-refractivity contribution in [3.63, 3.8) is 0 Å². The quantitative estimate of drug-likeness (QED) is 0.684. The number of rotatable bonds is 5. The van der Waals surface area contributed by atoms with Gasteiger partial charge in [0.25, 0.3) is 5.91 Å². The summed E-state index contributed by atoms with van der Waals surface area (Å²) in [6.07, 6.45) is 0. The van der Waals surface area contributed by atoms with Crippen molar-refractivity contribution in [3.05, 3.63) is 23.9 Å². The highest BCUT2D eigenvalue weighted by Crippen LogP contribution is 2.03. The Morgan fingerprint density at radius 3 is 3.07 bits per heavy atom. The van der Waals surface area contributed by atoms with Crippen molar-refractivity contribution in [2.45, 2.75) is 6.92 Å². The molecule has 82 valence electrons. The van der Waals surface area contributed by atoms with Crippen LogP contribution in [0.1, 0.15) is 5.69 Å². The lowest BCUT2D eigenvalue weighted by atomic mass is 10.4. The zero-order valence-corrected chi connectivity index (χ0v) is 8.69. The molecule has 0 aliphatic heterocycles. The van der Waals surface area contributed by atoms with Gasteiger partial charge < -0.3 is 15.8 Å². The number of ether oxygens (including phenoxy) is 1. The number of hydrogen-bond acceptors (Lipinski definition) is 4. The van der Waals surface area contributed by atoms with E-state index in [4.69, 9.17) is 10.5 Å². The predicted molar refractivity (Wildman–Crippen MR) is 57.5 cm³/mol. The van der Waals surface area contributed by atoms with Crippen LogP contribution < -0.4 is 11.1 Å². The fraction of sp³-hybridized carbons (Fsp3) is 0.400. The molecule has 0 atom stereocenters. The van der Waals surface area contributed by atoms with Gasteiger partial charge in [0.1, 0.15) is 12.4 Å². The molecule has 0 aliphatic carbocycles. The molecule has 0 unspecified atom stereocenters. The molecule has 1 aromatic rings. The lowest BCUT2D eigenvalue weighted by molar-refractivity contribution is -0.120. The molecule has 0 radical (unpaired) electrons. The Balaban J connectivity index is 2.37. The number of carbonyl (C=O) groups excluding carboxylic acids is 1. The molecule has 1 heterocycles. The second-order valence-electron chi connectivity index (χ2n) is 3.05. The molecule has 1 amide bonds. The molecule has 15 heavy (non-hydrogen) atoms. The highest BCUT2D eigenvalue weighted by molar-refractivity contribution is 5.90. The normalized spacial score (nSPS) is 10.0. The van der Waals surface area contributed by atoms with Gasteiger partial charge in [-0.1, -0.05) is 6.07 Å². The maximum absolute atomic E-state index is 11.3.